The van der Waals surface area contributed by atoms with Gasteiger partial charge in [-0.15, -0.1) is 0 Å². The number of hydrogen-bond donors (Lipinski definition) is 1. The Hall–Kier alpha value is -2.05. The van der Waals surface area contributed by atoms with Gasteiger partial charge in [-0.05, 0) is 12.1 Å². The number of alkyl halides is 3. The number of halogens is 3. The minimum absolute atomic E-state index is 0.299. The van der Waals surface area contributed by atoms with Crippen molar-refractivity contribution in [2.24, 2.45) is 11.0 Å². The van der Waals surface area contributed by atoms with Crippen molar-refractivity contribution in [1.29, 1.82) is 0 Å². The quantitative estimate of drug-likeness (QED) is 0.891. The summed E-state index contributed by atoms with van der Waals surface area (Å²) in [4.78, 5) is 11.5. The number of anilines is 1. The van der Waals surface area contributed by atoms with Crippen LogP contribution in [0.1, 0.15) is 0 Å². The number of carbonyl (C=O) groups is 1. The molecule has 0 aliphatic carbocycles. The van der Waals surface area contributed by atoms with Crippen molar-refractivity contribution in [3.8, 4) is 0 Å². The van der Waals surface area contributed by atoms with Gasteiger partial charge in [0.05, 0.1) is 5.69 Å². The van der Waals surface area contributed by atoms with Crippen LogP contribution in [-0.4, -0.2) is 31.4 Å². The third-order valence-corrected chi connectivity index (χ3v) is 2.86. The van der Waals surface area contributed by atoms with Gasteiger partial charge in [-0.1, -0.05) is 18.2 Å². The van der Waals surface area contributed by atoms with Crippen LogP contribution in [0.5, 0.6) is 0 Å². The highest BCUT2D eigenvalue weighted by atomic mass is 19.4. The average molecular weight is 271 g/mol. The zero-order valence-corrected chi connectivity index (χ0v) is 10.1. The second-order valence-corrected chi connectivity index (χ2v) is 4.07. The summed E-state index contributed by atoms with van der Waals surface area (Å²) in [5, 5.41) is 6.79. The number of hydrazone groups is 1. The minimum Gasteiger partial charge on any atom is -0.359 e. The SMILES string of the molecule is CNC(=O)C1C=NN(c2ccccc2)C1C(F)(F)F. The van der Waals surface area contributed by atoms with Crippen LogP contribution in [0, 0.1) is 5.92 Å². The Morgan fingerprint density at radius 2 is 1.95 bits per heavy atom. The molecule has 2 atom stereocenters. The number of hydrogen-bond acceptors (Lipinski definition) is 3. The molecule has 0 aromatic heterocycles. The first-order valence-corrected chi connectivity index (χ1v) is 5.62. The third kappa shape index (κ3) is 2.54. The van der Waals surface area contributed by atoms with Gasteiger partial charge in [0.15, 0.2) is 6.04 Å². The zero-order chi connectivity index (χ0) is 14.0. The first-order valence-electron chi connectivity index (χ1n) is 5.62. The summed E-state index contributed by atoms with van der Waals surface area (Å²) in [6, 6.07) is 5.99. The lowest BCUT2D eigenvalue weighted by molar-refractivity contribution is -0.159. The smallest absolute Gasteiger partial charge is 0.359 e. The van der Waals surface area contributed by atoms with Crippen LogP contribution < -0.4 is 10.3 Å². The molecular weight excluding hydrogens is 259 g/mol. The van der Waals surface area contributed by atoms with Gasteiger partial charge in [-0.2, -0.15) is 18.3 Å². The van der Waals surface area contributed by atoms with E-state index in [1.807, 2.05) is 0 Å². The number of amides is 1. The van der Waals surface area contributed by atoms with Gasteiger partial charge in [0.2, 0.25) is 5.91 Å². The highest BCUT2D eigenvalue weighted by Crippen LogP contribution is 2.36. The van der Waals surface area contributed by atoms with Crippen LogP contribution >= 0.6 is 0 Å². The van der Waals surface area contributed by atoms with Crippen molar-refractivity contribution < 1.29 is 18.0 Å². The molecule has 0 saturated carbocycles. The van der Waals surface area contributed by atoms with Crippen LogP contribution in [0.2, 0.25) is 0 Å². The average Bonchev–Trinajstić information content (AvgIpc) is 2.83. The Balaban J connectivity index is 2.36. The maximum atomic E-state index is 13.1. The Labute approximate surface area is 107 Å². The van der Waals surface area contributed by atoms with Gasteiger partial charge in [-0.25, -0.2) is 0 Å². The molecule has 1 N–H and O–H groups in total. The Bertz CT molecular complexity index is 487. The zero-order valence-electron chi connectivity index (χ0n) is 10.1. The van der Waals surface area contributed by atoms with Crippen molar-refractivity contribution in [2.75, 3.05) is 12.1 Å². The predicted molar refractivity (Wildman–Crippen MR) is 64.8 cm³/mol. The van der Waals surface area contributed by atoms with Crippen molar-refractivity contribution in [2.45, 2.75) is 12.2 Å². The van der Waals surface area contributed by atoms with Gasteiger partial charge < -0.3 is 5.32 Å². The number of nitrogens with zero attached hydrogens (tertiary/aromatic N) is 2. The lowest BCUT2D eigenvalue weighted by Gasteiger charge is -2.28. The second-order valence-electron chi connectivity index (χ2n) is 4.07. The predicted octanol–water partition coefficient (Wildman–Crippen LogP) is 1.79. The molecule has 7 heteroatoms. The molecule has 2 unspecified atom stereocenters. The van der Waals surface area contributed by atoms with Crippen molar-refractivity contribution >= 4 is 17.8 Å². The van der Waals surface area contributed by atoms with Gasteiger partial charge in [0, 0.05) is 13.3 Å². The normalized spacial score (nSPS) is 22.6. The lowest BCUT2D eigenvalue weighted by atomic mass is 10.00. The molecular formula is C12H12F3N3O. The molecule has 4 nitrogen and oxygen atoms in total. The maximum Gasteiger partial charge on any atom is 0.412 e. The largest absolute Gasteiger partial charge is 0.412 e. The first-order chi connectivity index (χ1) is 8.95. The second kappa shape index (κ2) is 4.91. The fraction of sp³-hybridized carbons (Fsp3) is 0.333. The van der Waals surface area contributed by atoms with Crippen LogP contribution in [0.3, 0.4) is 0 Å². The van der Waals surface area contributed by atoms with E-state index in [-0.39, 0.29) is 0 Å². The molecule has 1 aromatic carbocycles. The molecule has 1 aromatic rings. The number of nitrogens with one attached hydrogen (secondary N) is 1. The molecule has 1 amide bonds. The number of benzene rings is 1. The molecule has 0 saturated heterocycles. The fourth-order valence-electron chi connectivity index (χ4n) is 1.98. The van der Waals surface area contributed by atoms with Crippen LogP contribution in [0.4, 0.5) is 18.9 Å². The summed E-state index contributed by atoms with van der Waals surface area (Å²) >= 11 is 0. The van der Waals surface area contributed by atoms with Crippen molar-refractivity contribution in [3.63, 3.8) is 0 Å². The topological polar surface area (TPSA) is 44.7 Å². The molecule has 0 bridgehead atoms. The Morgan fingerprint density at radius 1 is 1.32 bits per heavy atom. The Morgan fingerprint density at radius 3 is 2.47 bits per heavy atom. The number of carbonyl (C=O) groups excluding carboxylic acids is 1. The van der Waals surface area contributed by atoms with E-state index in [4.69, 9.17) is 0 Å². The van der Waals surface area contributed by atoms with Gasteiger partial charge in [-0.3, -0.25) is 9.80 Å². The van der Waals surface area contributed by atoms with Crippen molar-refractivity contribution in [1.82, 2.24) is 5.32 Å². The van der Waals surface area contributed by atoms with Crippen LogP contribution in [-0.2, 0) is 4.79 Å². The highest BCUT2D eigenvalue weighted by molar-refractivity contribution is 5.96. The lowest BCUT2D eigenvalue weighted by Crippen LogP contribution is -2.49. The summed E-state index contributed by atoms with van der Waals surface area (Å²) < 4.78 is 39.4. The molecule has 0 radical (unpaired) electrons. The molecule has 19 heavy (non-hydrogen) atoms. The molecule has 1 aliphatic rings. The minimum atomic E-state index is -4.55. The van der Waals surface area contributed by atoms with E-state index in [2.05, 4.69) is 10.4 Å². The third-order valence-electron chi connectivity index (χ3n) is 2.86. The summed E-state index contributed by atoms with van der Waals surface area (Å²) in [6.45, 7) is 0. The number of rotatable bonds is 2. The van der Waals surface area contributed by atoms with Crippen molar-refractivity contribution in [3.05, 3.63) is 30.3 Å². The summed E-state index contributed by atoms with van der Waals surface area (Å²) in [5.74, 6) is -2.05. The fourth-order valence-corrected chi connectivity index (χ4v) is 1.98. The van der Waals surface area contributed by atoms with E-state index in [1.54, 1.807) is 18.2 Å². The van der Waals surface area contributed by atoms with Gasteiger partial charge in [0.1, 0.15) is 5.92 Å². The highest BCUT2D eigenvalue weighted by Gasteiger charge is 2.53. The van der Waals surface area contributed by atoms with E-state index in [1.165, 1.54) is 19.2 Å². The molecule has 0 fully saturated rings. The van der Waals surface area contributed by atoms with Crippen LogP contribution in [0.25, 0.3) is 0 Å². The maximum absolute atomic E-state index is 13.1. The summed E-state index contributed by atoms with van der Waals surface area (Å²) in [6.07, 6.45) is -3.52. The first kappa shape index (κ1) is 13.4. The van der Waals surface area contributed by atoms with E-state index in [9.17, 15) is 18.0 Å². The van der Waals surface area contributed by atoms with E-state index in [0.717, 1.165) is 11.2 Å². The van der Waals surface area contributed by atoms with E-state index < -0.39 is 24.0 Å². The molecule has 1 heterocycles. The summed E-state index contributed by atoms with van der Waals surface area (Å²) in [5.41, 5.74) is 0.299. The standard InChI is InChI=1S/C12H12F3N3O/c1-16-11(19)9-7-17-18(10(9)12(13,14)15)8-5-3-2-4-6-8/h2-7,9-10H,1H3,(H,16,19). The van der Waals surface area contributed by atoms with Gasteiger partial charge in [0.25, 0.3) is 0 Å². The summed E-state index contributed by atoms with van der Waals surface area (Å²) in [7, 11) is 1.30. The van der Waals surface area contributed by atoms with E-state index >= 15 is 0 Å². The molecule has 0 spiro atoms. The molecule has 2 rings (SSSR count). The Kier molecular flexibility index (Phi) is 3.46. The van der Waals surface area contributed by atoms with Crippen LogP contribution in [0.15, 0.2) is 35.4 Å². The molecule has 1 aliphatic heterocycles. The number of para-hydroxylation sites is 1. The van der Waals surface area contributed by atoms with E-state index in [0.29, 0.717) is 5.69 Å². The van der Waals surface area contributed by atoms with Gasteiger partial charge >= 0.3 is 6.18 Å². The monoisotopic (exact) mass is 271 g/mol. The molecule has 102 valence electrons.